The average Bonchev–Trinajstić information content (AvgIpc) is 2.86. The summed E-state index contributed by atoms with van der Waals surface area (Å²) < 4.78 is 37.9. The number of alkyl halides is 3. The Labute approximate surface area is 87.8 Å². The van der Waals surface area contributed by atoms with Gasteiger partial charge in [0.2, 0.25) is 0 Å². The summed E-state index contributed by atoms with van der Waals surface area (Å²) in [6.45, 7) is 3.69. The van der Waals surface area contributed by atoms with Gasteiger partial charge in [-0.2, -0.15) is 13.2 Å². The maximum Gasteiger partial charge on any atom is 0.394 e. The van der Waals surface area contributed by atoms with Crippen molar-refractivity contribution in [3.05, 3.63) is 0 Å². The van der Waals surface area contributed by atoms with Crippen molar-refractivity contribution in [1.29, 1.82) is 0 Å². The fourth-order valence-corrected chi connectivity index (χ4v) is 2.12. The summed E-state index contributed by atoms with van der Waals surface area (Å²) in [5.41, 5.74) is 0.0511. The molecule has 1 saturated heterocycles. The summed E-state index contributed by atoms with van der Waals surface area (Å²) in [7, 11) is 0. The predicted molar refractivity (Wildman–Crippen MR) is 51.6 cm³/mol. The van der Waals surface area contributed by atoms with Crippen LogP contribution >= 0.6 is 0 Å². The zero-order valence-corrected chi connectivity index (χ0v) is 8.90. The van der Waals surface area contributed by atoms with Crippen LogP contribution in [-0.4, -0.2) is 42.8 Å². The Hall–Kier alpha value is -0.290. The molecule has 0 aromatic carbocycles. The van der Waals surface area contributed by atoms with Crippen molar-refractivity contribution < 1.29 is 13.2 Å². The van der Waals surface area contributed by atoms with Crippen LogP contribution in [0.5, 0.6) is 0 Å². The molecule has 15 heavy (non-hydrogen) atoms. The molecule has 88 valence electrons. The summed E-state index contributed by atoms with van der Waals surface area (Å²) in [6, 6.07) is 0. The number of hydrogen-bond donors (Lipinski definition) is 1. The molecule has 2 rings (SSSR count). The van der Waals surface area contributed by atoms with E-state index < -0.39 is 12.1 Å². The number of hydrogen-bond acceptors (Lipinski definition) is 2. The summed E-state index contributed by atoms with van der Waals surface area (Å²) in [5.74, 6) is -1.21. The highest BCUT2D eigenvalue weighted by Crippen LogP contribution is 2.42. The third kappa shape index (κ3) is 2.45. The summed E-state index contributed by atoms with van der Waals surface area (Å²) in [4.78, 5) is 2.01. The van der Waals surface area contributed by atoms with Crippen LogP contribution in [0.25, 0.3) is 0 Å². The first kappa shape index (κ1) is 11.2. The zero-order chi connectivity index (χ0) is 11.1. The van der Waals surface area contributed by atoms with Gasteiger partial charge in [-0.25, -0.2) is 0 Å². The monoisotopic (exact) mass is 222 g/mol. The van der Waals surface area contributed by atoms with Crippen LogP contribution in [-0.2, 0) is 0 Å². The molecule has 2 nitrogen and oxygen atoms in total. The molecule has 1 unspecified atom stereocenters. The Bertz CT molecular complexity index is 222. The second-order valence-corrected chi connectivity index (χ2v) is 4.89. The van der Waals surface area contributed by atoms with Crippen LogP contribution in [0.4, 0.5) is 13.2 Å². The minimum atomic E-state index is -4.07. The number of rotatable bonds is 1. The first-order chi connectivity index (χ1) is 6.92. The molecule has 0 amide bonds. The van der Waals surface area contributed by atoms with E-state index in [1.807, 2.05) is 4.90 Å². The fraction of sp³-hybridized carbons (Fsp3) is 1.00. The van der Waals surface area contributed by atoms with E-state index in [4.69, 9.17) is 0 Å². The SMILES string of the molecule is CC1(N2CCNCC(C(F)(F)F)C2)CC1. The van der Waals surface area contributed by atoms with Gasteiger partial charge in [0.15, 0.2) is 0 Å². The Morgan fingerprint density at radius 1 is 1.33 bits per heavy atom. The minimum absolute atomic E-state index is 0.0511. The zero-order valence-electron chi connectivity index (χ0n) is 8.90. The maximum atomic E-state index is 12.6. The van der Waals surface area contributed by atoms with Gasteiger partial charge in [0.1, 0.15) is 0 Å². The largest absolute Gasteiger partial charge is 0.394 e. The van der Waals surface area contributed by atoms with Crippen LogP contribution in [0, 0.1) is 5.92 Å². The average molecular weight is 222 g/mol. The van der Waals surface area contributed by atoms with Crippen LogP contribution in [0.2, 0.25) is 0 Å². The van der Waals surface area contributed by atoms with Gasteiger partial charge in [-0.3, -0.25) is 4.90 Å². The van der Waals surface area contributed by atoms with Gasteiger partial charge < -0.3 is 5.32 Å². The van der Waals surface area contributed by atoms with E-state index in [0.29, 0.717) is 6.54 Å². The molecule has 0 aromatic rings. The quantitative estimate of drug-likeness (QED) is 0.725. The lowest BCUT2D eigenvalue weighted by Gasteiger charge is -2.30. The van der Waals surface area contributed by atoms with Gasteiger partial charge in [0, 0.05) is 31.7 Å². The van der Waals surface area contributed by atoms with E-state index >= 15 is 0 Å². The van der Waals surface area contributed by atoms with Crippen molar-refractivity contribution in [3.63, 3.8) is 0 Å². The van der Waals surface area contributed by atoms with E-state index in [1.165, 1.54) is 0 Å². The Balaban J connectivity index is 2.02. The summed E-state index contributed by atoms with van der Waals surface area (Å²) >= 11 is 0. The standard InChI is InChI=1S/C10H17F3N2/c1-9(2-3-9)15-5-4-14-6-8(7-15)10(11,12)13/h8,14H,2-7H2,1H3. The third-order valence-corrected chi connectivity index (χ3v) is 3.59. The lowest BCUT2D eigenvalue weighted by Crippen LogP contribution is -2.43. The van der Waals surface area contributed by atoms with Crippen molar-refractivity contribution in [2.75, 3.05) is 26.2 Å². The van der Waals surface area contributed by atoms with Crippen molar-refractivity contribution in [2.45, 2.75) is 31.5 Å². The Kier molecular flexibility index (Phi) is 2.71. The van der Waals surface area contributed by atoms with Crippen molar-refractivity contribution in [3.8, 4) is 0 Å². The lowest BCUT2D eigenvalue weighted by atomic mass is 10.1. The molecule has 0 radical (unpaired) electrons. The van der Waals surface area contributed by atoms with Crippen LogP contribution in [0.15, 0.2) is 0 Å². The third-order valence-electron chi connectivity index (χ3n) is 3.59. The molecule has 5 heteroatoms. The molecule has 1 aliphatic heterocycles. The van der Waals surface area contributed by atoms with Crippen molar-refractivity contribution in [1.82, 2.24) is 10.2 Å². The van der Waals surface area contributed by atoms with E-state index in [1.54, 1.807) is 0 Å². The van der Waals surface area contributed by atoms with E-state index in [2.05, 4.69) is 12.2 Å². The van der Waals surface area contributed by atoms with Gasteiger partial charge in [0.25, 0.3) is 0 Å². The van der Waals surface area contributed by atoms with E-state index in [9.17, 15) is 13.2 Å². The summed E-state index contributed by atoms with van der Waals surface area (Å²) in [5, 5.41) is 2.87. The van der Waals surface area contributed by atoms with Gasteiger partial charge in [-0.15, -0.1) is 0 Å². The molecule has 0 bridgehead atoms. The second kappa shape index (κ2) is 3.63. The second-order valence-electron chi connectivity index (χ2n) is 4.89. The first-order valence-corrected chi connectivity index (χ1v) is 5.44. The fourth-order valence-electron chi connectivity index (χ4n) is 2.12. The van der Waals surface area contributed by atoms with Gasteiger partial charge in [-0.05, 0) is 19.8 Å². The number of nitrogens with one attached hydrogen (secondary N) is 1. The molecule has 1 N–H and O–H groups in total. The highest BCUT2D eigenvalue weighted by molar-refractivity contribution is 5.01. The molecular weight excluding hydrogens is 205 g/mol. The van der Waals surface area contributed by atoms with Gasteiger partial charge in [0.05, 0.1) is 5.92 Å². The molecule has 0 aromatic heterocycles. The Morgan fingerprint density at radius 2 is 2.00 bits per heavy atom. The maximum absolute atomic E-state index is 12.6. The predicted octanol–water partition coefficient (Wildman–Crippen LogP) is 1.62. The molecule has 1 heterocycles. The van der Waals surface area contributed by atoms with Crippen LogP contribution in [0.1, 0.15) is 19.8 Å². The van der Waals surface area contributed by atoms with Crippen molar-refractivity contribution >= 4 is 0 Å². The topological polar surface area (TPSA) is 15.3 Å². The molecular formula is C10H17F3N2. The highest BCUT2D eigenvalue weighted by Gasteiger charge is 2.48. The molecule has 1 aliphatic carbocycles. The molecule has 2 fully saturated rings. The van der Waals surface area contributed by atoms with Gasteiger partial charge >= 0.3 is 6.18 Å². The molecule has 0 spiro atoms. The Morgan fingerprint density at radius 3 is 2.53 bits per heavy atom. The van der Waals surface area contributed by atoms with Crippen molar-refractivity contribution in [2.24, 2.45) is 5.92 Å². The van der Waals surface area contributed by atoms with E-state index in [0.717, 1.165) is 19.4 Å². The van der Waals surface area contributed by atoms with Crippen LogP contribution < -0.4 is 5.32 Å². The van der Waals surface area contributed by atoms with Crippen LogP contribution in [0.3, 0.4) is 0 Å². The van der Waals surface area contributed by atoms with E-state index in [-0.39, 0.29) is 18.6 Å². The molecule has 1 saturated carbocycles. The number of nitrogens with zero attached hydrogens (tertiary/aromatic N) is 1. The lowest BCUT2D eigenvalue weighted by molar-refractivity contribution is -0.177. The van der Waals surface area contributed by atoms with Gasteiger partial charge in [-0.1, -0.05) is 0 Å². The number of halogens is 3. The smallest absolute Gasteiger partial charge is 0.315 e. The highest BCUT2D eigenvalue weighted by atomic mass is 19.4. The molecule has 2 aliphatic rings. The first-order valence-electron chi connectivity index (χ1n) is 5.44. The minimum Gasteiger partial charge on any atom is -0.315 e. The molecule has 1 atom stereocenters. The normalized spacial score (nSPS) is 32.4. The summed E-state index contributed by atoms with van der Waals surface area (Å²) in [6.07, 6.45) is -1.99.